The van der Waals surface area contributed by atoms with Crippen LogP contribution in [0, 0.1) is 10.8 Å². The molecule has 0 spiro atoms. The topological polar surface area (TPSA) is 87.7 Å². The zero-order valence-electron chi connectivity index (χ0n) is 16.8. The first-order valence-corrected chi connectivity index (χ1v) is 9.65. The van der Waals surface area contributed by atoms with Crippen LogP contribution in [0.1, 0.15) is 58.9 Å². The van der Waals surface area contributed by atoms with Crippen LogP contribution in [0.5, 0.6) is 5.75 Å². The monoisotopic (exact) mass is 376 g/mol. The first-order chi connectivity index (χ1) is 12.6. The van der Waals surface area contributed by atoms with Crippen molar-refractivity contribution < 1.29 is 19.4 Å². The van der Waals surface area contributed by atoms with Gasteiger partial charge in [-0.1, -0.05) is 52.3 Å². The van der Waals surface area contributed by atoms with Gasteiger partial charge in [0, 0.05) is 12.6 Å². The van der Waals surface area contributed by atoms with Crippen LogP contribution in [0.2, 0.25) is 0 Å². The summed E-state index contributed by atoms with van der Waals surface area (Å²) in [4.78, 5) is 23.4. The molecule has 27 heavy (non-hydrogen) atoms. The van der Waals surface area contributed by atoms with E-state index >= 15 is 0 Å². The van der Waals surface area contributed by atoms with Crippen molar-refractivity contribution in [2.24, 2.45) is 10.8 Å². The highest BCUT2D eigenvalue weighted by atomic mass is 16.6. The Balaban J connectivity index is 1.97. The molecule has 0 saturated heterocycles. The minimum atomic E-state index is -1.00. The molecular formula is C21H32N2O4. The summed E-state index contributed by atoms with van der Waals surface area (Å²) in [7, 11) is 0. The van der Waals surface area contributed by atoms with Gasteiger partial charge in [-0.3, -0.25) is 0 Å². The number of ether oxygens (including phenoxy) is 1. The lowest BCUT2D eigenvalue weighted by molar-refractivity contribution is 0.0695. The van der Waals surface area contributed by atoms with Crippen molar-refractivity contribution in [3.8, 4) is 5.75 Å². The summed E-state index contributed by atoms with van der Waals surface area (Å²) in [5.41, 5.74) is 0.821. The Bertz CT molecular complexity index is 674. The lowest BCUT2D eigenvalue weighted by atomic mass is 9.62. The molecular weight excluding hydrogens is 344 g/mol. The van der Waals surface area contributed by atoms with Gasteiger partial charge >= 0.3 is 12.2 Å². The van der Waals surface area contributed by atoms with Gasteiger partial charge in [-0.2, -0.15) is 0 Å². The summed E-state index contributed by atoms with van der Waals surface area (Å²) >= 11 is 0. The number of amides is 2. The predicted molar refractivity (Wildman–Crippen MR) is 105 cm³/mol. The van der Waals surface area contributed by atoms with Gasteiger partial charge in [-0.15, -0.1) is 0 Å². The highest BCUT2D eigenvalue weighted by Crippen LogP contribution is 2.45. The Hall–Kier alpha value is -2.24. The van der Waals surface area contributed by atoms with Gasteiger partial charge in [0.05, 0.1) is 0 Å². The zero-order chi connectivity index (χ0) is 20.1. The van der Waals surface area contributed by atoms with E-state index < -0.39 is 12.2 Å². The van der Waals surface area contributed by atoms with E-state index in [0.717, 1.165) is 31.2 Å². The van der Waals surface area contributed by atoms with Crippen LogP contribution >= 0.6 is 0 Å². The molecule has 0 aliphatic heterocycles. The van der Waals surface area contributed by atoms with Crippen molar-refractivity contribution >= 4 is 12.2 Å². The highest BCUT2D eigenvalue weighted by molar-refractivity contribution is 5.70. The van der Waals surface area contributed by atoms with Crippen molar-refractivity contribution in [2.45, 2.75) is 65.8 Å². The number of hydrogen-bond acceptors (Lipinski definition) is 3. The van der Waals surface area contributed by atoms with E-state index in [-0.39, 0.29) is 16.9 Å². The molecule has 1 saturated carbocycles. The third kappa shape index (κ3) is 6.45. The maximum absolute atomic E-state index is 12.3. The third-order valence-electron chi connectivity index (χ3n) is 5.13. The molecule has 1 aliphatic rings. The first kappa shape index (κ1) is 21.1. The quantitative estimate of drug-likeness (QED) is 0.678. The second kappa shape index (κ2) is 8.63. The van der Waals surface area contributed by atoms with Crippen molar-refractivity contribution in [1.29, 1.82) is 0 Å². The number of carboxylic acid groups (broad SMARTS) is 1. The Morgan fingerprint density at radius 1 is 1.22 bits per heavy atom. The summed E-state index contributed by atoms with van der Waals surface area (Å²) in [6.07, 6.45) is 2.76. The molecule has 0 bridgehead atoms. The first-order valence-electron chi connectivity index (χ1n) is 9.65. The predicted octanol–water partition coefficient (Wildman–Crippen LogP) is 4.58. The summed E-state index contributed by atoms with van der Waals surface area (Å²) in [5.74, 6) is 0.594. The van der Waals surface area contributed by atoms with E-state index in [4.69, 9.17) is 9.84 Å². The minimum absolute atomic E-state index is 0.000568. The Kier molecular flexibility index (Phi) is 6.73. The third-order valence-corrected chi connectivity index (χ3v) is 5.13. The van der Waals surface area contributed by atoms with Gasteiger partial charge in [-0.05, 0) is 48.1 Å². The minimum Gasteiger partial charge on any atom is -0.465 e. The molecule has 0 aromatic heterocycles. The number of hydrogen-bond donors (Lipinski definition) is 3. The SMILES string of the molecule is CCCc1ccccc1OC(=O)NCC1(C)CC(NC(=O)O)CC(C)(C)C1. The normalized spacial score (nSPS) is 24.1. The average Bonchev–Trinajstić information content (AvgIpc) is 2.52. The van der Waals surface area contributed by atoms with Crippen LogP contribution in [-0.2, 0) is 6.42 Å². The van der Waals surface area contributed by atoms with Crippen molar-refractivity contribution in [2.75, 3.05) is 6.54 Å². The molecule has 3 N–H and O–H groups in total. The van der Waals surface area contributed by atoms with E-state index in [0.29, 0.717) is 18.7 Å². The molecule has 2 atom stereocenters. The van der Waals surface area contributed by atoms with E-state index in [1.165, 1.54) is 0 Å². The molecule has 0 heterocycles. The Morgan fingerprint density at radius 3 is 2.59 bits per heavy atom. The molecule has 150 valence electrons. The van der Waals surface area contributed by atoms with Gasteiger partial charge in [-0.25, -0.2) is 9.59 Å². The molecule has 2 amide bonds. The number of nitrogens with one attached hydrogen (secondary N) is 2. The molecule has 1 aromatic rings. The molecule has 6 nitrogen and oxygen atoms in total. The summed E-state index contributed by atoms with van der Waals surface area (Å²) in [6.45, 7) is 8.91. The summed E-state index contributed by atoms with van der Waals surface area (Å²) < 4.78 is 5.52. The van der Waals surface area contributed by atoms with Gasteiger partial charge in [0.15, 0.2) is 0 Å². The lowest BCUT2D eigenvalue weighted by Crippen LogP contribution is -2.50. The second-order valence-electron chi connectivity index (χ2n) is 8.81. The fraction of sp³-hybridized carbons (Fsp3) is 0.619. The van der Waals surface area contributed by atoms with Crippen LogP contribution in [0.15, 0.2) is 24.3 Å². The van der Waals surface area contributed by atoms with Crippen molar-refractivity contribution in [3.05, 3.63) is 29.8 Å². The van der Waals surface area contributed by atoms with Gasteiger partial charge in [0.25, 0.3) is 0 Å². The van der Waals surface area contributed by atoms with Gasteiger partial charge < -0.3 is 20.5 Å². The van der Waals surface area contributed by atoms with Gasteiger partial charge in [0.1, 0.15) is 5.75 Å². The highest BCUT2D eigenvalue weighted by Gasteiger charge is 2.42. The Labute approximate surface area is 161 Å². The molecule has 2 unspecified atom stereocenters. The molecule has 2 rings (SSSR count). The van der Waals surface area contributed by atoms with E-state index in [1.54, 1.807) is 0 Å². The summed E-state index contributed by atoms with van der Waals surface area (Å²) in [5, 5.41) is 14.6. The molecule has 6 heteroatoms. The van der Waals surface area contributed by atoms with Crippen molar-refractivity contribution in [3.63, 3.8) is 0 Å². The van der Waals surface area contributed by atoms with Crippen LogP contribution in [0.25, 0.3) is 0 Å². The van der Waals surface area contributed by atoms with Crippen LogP contribution in [-0.4, -0.2) is 29.9 Å². The second-order valence-corrected chi connectivity index (χ2v) is 8.81. The maximum atomic E-state index is 12.3. The lowest BCUT2D eigenvalue weighted by Gasteiger charge is -2.46. The molecule has 1 aliphatic carbocycles. The molecule has 0 radical (unpaired) electrons. The number of carbonyl (C=O) groups excluding carboxylic acids is 1. The molecule has 1 fully saturated rings. The van der Waals surface area contributed by atoms with Crippen LogP contribution in [0.3, 0.4) is 0 Å². The number of benzene rings is 1. The van der Waals surface area contributed by atoms with Crippen LogP contribution in [0.4, 0.5) is 9.59 Å². The zero-order valence-corrected chi connectivity index (χ0v) is 16.8. The smallest absolute Gasteiger partial charge is 0.412 e. The standard InChI is InChI=1S/C21H32N2O4/c1-5-8-15-9-6-7-10-17(15)27-19(26)22-14-21(4)12-16(23-18(24)25)11-20(2,3)13-21/h6-7,9-10,16,23H,5,8,11-14H2,1-4H3,(H,22,26)(H,24,25). The summed E-state index contributed by atoms with van der Waals surface area (Å²) in [6, 6.07) is 7.47. The Morgan fingerprint density at radius 2 is 1.93 bits per heavy atom. The largest absolute Gasteiger partial charge is 0.465 e. The maximum Gasteiger partial charge on any atom is 0.412 e. The van der Waals surface area contributed by atoms with Crippen molar-refractivity contribution in [1.82, 2.24) is 10.6 Å². The fourth-order valence-corrected chi connectivity index (χ4v) is 4.55. The fourth-order valence-electron chi connectivity index (χ4n) is 4.55. The van der Waals surface area contributed by atoms with Crippen LogP contribution < -0.4 is 15.4 Å². The van der Waals surface area contributed by atoms with Gasteiger partial charge in [0.2, 0.25) is 0 Å². The number of carbonyl (C=O) groups is 2. The van der Waals surface area contributed by atoms with E-state index in [2.05, 4.69) is 38.3 Å². The van der Waals surface area contributed by atoms with E-state index in [9.17, 15) is 9.59 Å². The number of aryl methyl sites for hydroxylation is 1. The number of rotatable bonds is 6. The average molecular weight is 376 g/mol. The van der Waals surface area contributed by atoms with E-state index in [1.807, 2.05) is 24.3 Å². The number of para-hydroxylation sites is 1. The molecule has 1 aromatic carbocycles.